The molecule has 0 aromatic heterocycles. The molecule has 1 aliphatic rings. The molecular formula is C23H38N4O5. The van der Waals surface area contributed by atoms with Gasteiger partial charge in [0.2, 0.25) is 23.5 Å². The molecule has 1 fully saturated rings. The molecule has 4 N–H and O–H groups in total. The molecule has 180 valence electrons. The maximum atomic E-state index is 12.7. The molecule has 1 saturated heterocycles. The van der Waals surface area contributed by atoms with Crippen LogP contribution in [-0.4, -0.2) is 54.1 Å². The van der Waals surface area contributed by atoms with Gasteiger partial charge in [-0.1, -0.05) is 40.2 Å². The minimum Gasteiger partial charge on any atom is -0.354 e. The quantitative estimate of drug-likeness (QED) is 0.339. The number of allylic oxidation sites excluding steroid dienone is 1. The van der Waals surface area contributed by atoms with E-state index in [2.05, 4.69) is 35.1 Å². The van der Waals surface area contributed by atoms with Crippen molar-refractivity contribution in [3.05, 3.63) is 12.2 Å². The van der Waals surface area contributed by atoms with Crippen LogP contribution in [0.1, 0.15) is 66.7 Å². The molecule has 0 aliphatic carbocycles. The van der Waals surface area contributed by atoms with E-state index in [0.29, 0.717) is 18.8 Å². The summed E-state index contributed by atoms with van der Waals surface area (Å²) >= 11 is 0. The molecule has 9 nitrogen and oxygen atoms in total. The first-order chi connectivity index (χ1) is 15.1. The smallest absolute Gasteiger partial charge is 0.290 e. The summed E-state index contributed by atoms with van der Waals surface area (Å²) in [6, 6.07) is -2.82. The fourth-order valence-electron chi connectivity index (χ4n) is 3.23. The van der Waals surface area contributed by atoms with Crippen LogP contribution < -0.4 is 21.3 Å². The molecule has 1 heterocycles. The summed E-state index contributed by atoms with van der Waals surface area (Å²) in [4.78, 5) is 62.4. The third kappa shape index (κ3) is 9.20. The highest BCUT2D eigenvalue weighted by atomic mass is 16.2. The molecule has 0 radical (unpaired) electrons. The van der Waals surface area contributed by atoms with Crippen molar-refractivity contribution < 1.29 is 24.0 Å². The van der Waals surface area contributed by atoms with Gasteiger partial charge in [0.1, 0.15) is 12.1 Å². The third-order valence-corrected chi connectivity index (χ3v) is 5.54. The molecule has 0 bridgehead atoms. The van der Waals surface area contributed by atoms with Crippen molar-refractivity contribution in [1.82, 2.24) is 21.3 Å². The lowest BCUT2D eigenvalue weighted by Gasteiger charge is -2.23. The second-order valence-corrected chi connectivity index (χ2v) is 8.80. The molecule has 4 amide bonds. The van der Waals surface area contributed by atoms with E-state index in [-0.39, 0.29) is 24.8 Å². The lowest BCUT2D eigenvalue weighted by atomic mass is 9.97. The first-order valence-corrected chi connectivity index (χ1v) is 11.5. The van der Waals surface area contributed by atoms with Gasteiger partial charge in [-0.2, -0.15) is 0 Å². The number of rotatable bonds is 7. The minimum absolute atomic E-state index is 0.170. The van der Waals surface area contributed by atoms with Gasteiger partial charge in [-0.15, -0.1) is 0 Å². The lowest BCUT2D eigenvalue weighted by molar-refractivity contribution is -0.141. The number of carbonyl (C=O) groups excluding carboxylic acids is 5. The second kappa shape index (κ2) is 13.6. The Labute approximate surface area is 190 Å². The van der Waals surface area contributed by atoms with Crippen molar-refractivity contribution in [3.63, 3.8) is 0 Å². The van der Waals surface area contributed by atoms with Gasteiger partial charge in [0.15, 0.2) is 0 Å². The fraction of sp³-hybridized carbons (Fsp3) is 0.696. The Balaban J connectivity index is 2.92. The summed E-state index contributed by atoms with van der Waals surface area (Å²) in [7, 11) is 0. The van der Waals surface area contributed by atoms with E-state index in [0.717, 1.165) is 12.8 Å². The Kier molecular flexibility index (Phi) is 11.7. The highest BCUT2D eigenvalue weighted by molar-refractivity contribution is 6.38. The number of carbonyl (C=O) groups is 5. The van der Waals surface area contributed by atoms with E-state index in [1.165, 1.54) is 13.0 Å². The number of ketones is 1. The molecule has 1 rings (SSSR count). The SMILES string of the molecule is CC[C@@H](C)[C@@H]1NC(=O)C(=O)[C@H](C)NC(=O)[C@@H](NC(=O)/C=C/CCC(C)C)CCCNC1=O. The van der Waals surface area contributed by atoms with Crippen molar-refractivity contribution in [1.29, 1.82) is 0 Å². The van der Waals surface area contributed by atoms with E-state index in [4.69, 9.17) is 0 Å². The number of nitrogens with one attached hydrogen (secondary N) is 4. The standard InChI is InChI=1S/C23H38N4O5/c1-6-15(4)19-22(31)24-13-9-11-17(26-18(28)12-8-7-10-14(2)3)21(30)25-16(5)20(29)23(32)27-19/h8,12,14-17,19H,6-7,9-11,13H2,1-5H3,(H,24,31)(H,25,30)(H,26,28)(H,27,32)/b12-8+/t15-,16+,17+,19+/m1/s1. The first-order valence-electron chi connectivity index (χ1n) is 11.5. The van der Waals surface area contributed by atoms with Crippen molar-refractivity contribution in [2.75, 3.05) is 6.54 Å². The molecule has 0 aromatic carbocycles. The first kappa shape index (κ1) is 27.3. The molecule has 4 atom stereocenters. The predicted octanol–water partition coefficient (Wildman–Crippen LogP) is 0.978. The van der Waals surface area contributed by atoms with Crippen LogP contribution in [0.15, 0.2) is 12.2 Å². The summed E-state index contributed by atoms with van der Waals surface area (Å²) in [5.74, 6) is -2.75. The highest BCUT2D eigenvalue weighted by Crippen LogP contribution is 2.09. The van der Waals surface area contributed by atoms with Crippen LogP contribution in [-0.2, 0) is 24.0 Å². The van der Waals surface area contributed by atoms with E-state index in [9.17, 15) is 24.0 Å². The molecule has 1 aliphatic heterocycles. The largest absolute Gasteiger partial charge is 0.354 e. The maximum Gasteiger partial charge on any atom is 0.290 e. The average Bonchev–Trinajstić information content (AvgIpc) is 2.75. The zero-order valence-electron chi connectivity index (χ0n) is 19.8. The summed E-state index contributed by atoms with van der Waals surface area (Å²) in [6.45, 7) is 9.58. The Bertz CT molecular complexity index is 719. The van der Waals surface area contributed by atoms with Gasteiger partial charge < -0.3 is 21.3 Å². The number of hydrogen-bond acceptors (Lipinski definition) is 5. The zero-order valence-corrected chi connectivity index (χ0v) is 19.8. The number of amides is 4. The van der Waals surface area contributed by atoms with Crippen LogP contribution in [0.3, 0.4) is 0 Å². The second-order valence-electron chi connectivity index (χ2n) is 8.80. The maximum absolute atomic E-state index is 12.7. The Morgan fingerprint density at radius 1 is 1.12 bits per heavy atom. The minimum atomic E-state index is -1.09. The number of hydrogen-bond donors (Lipinski definition) is 4. The van der Waals surface area contributed by atoms with Gasteiger partial charge in [-0.25, -0.2) is 0 Å². The number of Topliss-reactive ketones (excluding diaryl/α,β-unsaturated/α-hetero) is 1. The van der Waals surface area contributed by atoms with Crippen molar-refractivity contribution in [2.24, 2.45) is 11.8 Å². The summed E-state index contributed by atoms with van der Waals surface area (Å²) in [5.41, 5.74) is 0. The van der Waals surface area contributed by atoms with Gasteiger partial charge in [0, 0.05) is 6.54 Å². The van der Waals surface area contributed by atoms with Gasteiger partial charge >= 0.3 is 0 Å². The normalized spacial score (nSPS) is 24.6. The molecular weight excluding hydrogens is 412 g/mol. The topological polar surface area (TPSA) is 133 Å². The van der Waals surface area contributed by atoms with E-state index in [1.807, 2.05) is 13.8 Å². The van der Waals surface area contributed by atoms with Crippen molar-refractivity contribution >= 4 is 29.4 Å². The summed E-state index contributed by atoms with van der Waals surface area (Å²) < 4.78 is 0. The Morgan fingerprint density at radius 2 is 1.81 bits per heavy atom. The molecule has 32 heavy (non-hydrogen) atoms. The van der Waals surface area contributed by atoms with E-state index in [1.54, 1.807) is 6.08 Å². The summed E-state index contributed by atoms with van der Waals surface area (Å²) in [6.07, 6.45) is 6.21. The summed E-state index contributed by atoms with van der Waals surface area (Å²) in [5, 5.41) is 10.4. The van der Waals surface area contributed by atoms with Crippen LogP contribution >= 0.6 is 0 Å². The van der Waals surface area contributed by atoms with E-state index < -0.39 is 41.6 Å². The van der Waals surface area contributed by atoms with Gasteiger partial charge in [0.05, 0.1) is 6.04 Å². The molecule has 0 spiro atoms. The average molecular weight is 451 g/mol. The van der Waals surface area contributed by atoms with Crippen LogP contribution in [0.2, 0.25) is 0 Å². The zero-order chi connectivity index (χ0) is 24.3. The highest BCUT2D eigenvalue weighted by Gasteiger charge is 2.32. The van der Waals surface area contributed by atoms with Crippen LogP contribution in [0.25, 0.3) is 0 Å². The molecule has 0 unspecified atom stereocenters. The van der Waals surface area contributed by atoms with Crippen molar-refractivity contribution in [2.45, 2.75) is 84.8 Å². The van der Waals surface area contributed by atoms with E-state index >= 15 is 0 Å². The van der Waals surface area contributed by atoms with Gasteiger partial charge in [-0.3, -0.25) is 24.0 Å². The molecule has 0 saturated carbocycles. The lowest BCUT2D eigenvalue weighted by Crippen LogP contribution is -2.55. The van der Waals surface area contributed by atoms with Gasteiger partial charge in [0.25, 0.3) is 5.91 Å². The van der Waals surface area contributed by atoms with Crippen molar-refractivity contribution in [3.8, 4) is 0 Å². The Morgan fingerprint density at radius 3 is 2.44 bits per heavy atom. The van der Waals surface area contributed by atoms with Crippen LogP contribution in [0.5, 0.6) is 0 Å². The Hall–Kier alpha value is -2.71. The molecule has 9 heteroatoms. The van der Waals surface area contributed by atoms with Gasteiger partial charge in [-0.05, 0) is 50.5 Å². The van der Waals surface area contributed by atoms with Crippen LogP contribution in [0, 0.1) is 11.8 Å². The third-order valence-electron chi connectivity index (χ3n) is 5.54. The van der Waals surface area contributed by atoms with Crippen LogP contribution in [0.4, 0.5) is 0 Å². The monoisotopic (exact) mass is 450 g/mol. The molecule has 0 aromatic rings. The predicted molar refractivity (Wildman–Crippen MR) is 121 cm³/mol. The fourth-order valence-corrected chi connectivity index (χ4v) is 3.23.